The van der Waals surface area contributed by atoms with Crippen molar-refractivity contribution in [1.29, 1.82) is 0 Å². The molecule has 2 heterocycles. The van der Waals surface area contributed by atoms with E-state index < -0.39 is 0 Å². The van der Waals surface area contributed by atoms with E-state index in [1.54, 1.807) is 7.11 Å². The Labute approximate surface area is 171 Å². The van der Waals surface area contributed by atoms with Crippen LogP contribution in [0.4, 0.5) is 5.13 Å². The predicted molar refractivity (Wildman–Crippen MR) is 109 cm³/mol. The van der Waals surface area contributed by atoms with Crippen LogP contribution in [0.15, 0.2) is 34.8 Å². The number of hydrogen-bond acceptors (Lipinski definition) is 8. The summed E-state index contributed by atoms with van der Waals surface area (Å²) in [4.78, 5) is 16.3. The number of nitrogens with zero attached hydrogens (tertiary/aromatic N) is 4. The Balaban J connectivity index is 1.58. The number of rotatable bonds is 8. The molecule has 148 valence electrons. The Morgan fingerprint density at radius 2 is 2.14 bits per heavy atom. The summed E-state index contributed by atoms with van der Waals surface area (Å²) in [5.41, 5.74) is 0.885. The van der Waals surface area contributed by atoms with E-state index >= 15 is 0 Å². The summed E-state index contributed by atoms with van der Waals surface area (Å²) < 4.78 is 13.0. The molecule has 10 heteroatoms. The molecular formula is C18H21N5O3S2. The lowest BCUT2D eigenvalue weighted by Crippen LogP contribution is -2.14. The Morgan fingerprint density at radius 1 is 1.36 bits per heavy atom. The van der Waals surface area contributed by atoms with Crippen LogP contribution in [0.2, 0.25) is 0 Å². The van der Waals surface area contributed by atoms with E-state index in [1.807, 2.05) is 55.1 Å². The quantitative estimate of drug-likeness (QED) is 0.559. The second-order valence-electron chi connectivity index (χ2n) is 5.97. The van der Waals surface area contributed by atoms with Crippen molar-refractivity contribution in [3.63, 3.8) is 0 Å². The SMILES string of the molecule is COc1cccc(OC(C)c2nnc(SCC(=O)Nc3nc(C)cs3)n2C)c1. The maximum absolute atomic E-state index is 12.1. The first kappa shape index (κ1) is 20.2. The van der Waals surface area contributed by atoms with Crippen LogP contribution in [-0.4, -0.2) is 38.5 Å². The molecule has 1 unspecified atom stereocenters. The molecule has 8 nitrogen and oxygen atoms in total. The summed E-state index contributed by atoms with van der Waals surface area (Å²) >= 11 is 2.71. The lowest BCUT2D eigenvalue weighted by molar-refractivity contribution is -0.113. The van der Waals surface area contributed by atoms with Crippen LogP contribution in [0.25, 0.3) is 0 Å². The largest absolute Gasteiger partial charge is 0.497 e. The van der Waals surface area contributed by atoms with Gasteiger partial charge in [0.25, 0.3) is 0 Å². The number of ether oxygens (including phenoxy) is 2. The van der Waals surface area contributed by atoms with Crippen LogP contribution in [-0.2, 0) is 11.8 Å². The molecule has 0 aliphatic carbocycles. The van der Waals surface area contributed by atoms with Gasteiger partial charge in [0.2, 0.25) is 5.91 Å². The molecule has 0 radical (unpaired) electrons. The molecule has 0 aliphatic heterocycles. The molecule has 1 aromatic carbocycles. The van der Waals surface area contributed by atoms with Crippen LogP contribution in [0.5, 0.6) is 11.5 Å². The Kier molecular flexibility index (Phi) is 6.53. The van der Waals surface area contributed by atoms with Gasteiger partial charge < -0.3 is 19.4 Å². The number of anilines is 1. The van der Waals surface area contributed by atoms with Gasteiger partial charge in [-0.3, -0.25) is 4.79 Å². The molecule has 1 amide bonds. The number of thiazole rings is 1. The summed E-state index contributed by atoms with van der Waals surface area (Å²) in [5.74, 6) is 2.16. The topological polar surface area (TPSA) is 91.2 Å². The molecule has 3 rings (SSSR count). The molecule has 3 aromatic rings. The van der Waals surface area contributed by atoms with Crippen molar-refractivity contribution >= 4 is 34.1 Å². The van der Waals surface area contributed by atoms with Gasteiger partial charge in [0.1, 0.15) is 11.5 Å². The zero-order valence-electron chi connectivity index (χ0n) is 16.0. The maximum atomic E-state index is 12.1. The lowest BCUT2D eigenvalue weighted by Gasteiger charge is -2.14. The second-order valence-corrected chi connectivity index (χ2v) is 7.77. The molecule has 0 bridgehead atoms. The van der Waals surface area contributed by atoms with Crippen LogP contribution in [0, 0.1) is 6.92 Å². The number of thioether (sulfide) groups is 1. The molecule has 0 spiro atoms. The molecule has 2 aromatic heterocycles. The summed E-state index contributed by atoms with van der Waals surface area (Å²) in [7, 11) is 3.46. The van der Waals surface area contributed by atoms with E-state index in [1.165, 1.54) is 23.1 Å². The number of aromatic nitrogens is 4. The summed E-state index contributed by atoms with van der Waals surface area (Å²) in [5, 5.41) is 14.3. The number of nitrogens with one attached hydrogen (secondary N) is 1. The van der Waals surface area contributed by atoms with Gasteiger partial charge in [-0.25, -0.2) is 4.98 Å². The third kappa shape index (κ3) is 5.02. The van der Waals surface area contributed by atoms with Crippen LogP contribution >= 0.6 is 23.1 Å². The third-order valence-corrected chi connectivity index (χ3v) is 5.68. The highest BCUT2D eigenvalue weighted by molar-refractivity contribution is 7.99. The number of aryl methyl sites for hydroxylation is 1. The second kappa shape index (κ2) is 9.07. The Hall–Kier alpha value is -2.59. The molecule has 0 saturated carbocycles. The van der Waals surface area contributed by atoms with Crippen LogP contribution in [0.3, 0.4) is 0 Å². The molecule has 0 aliphatic rings. The minimum Gasteiger partial charge on any atom is -0.497 e. The van der Waals surface area contributed by atoms with Crippen molar-refractivity contribution in [1.82, 2.24) is 19.7 Å². The Bertz CT molecular complexity index is 956. The van der Waals surface area contributed by atoms with Crippen molar-refractivity contribution < 1.29 is 14.3 Å². The fourth-order valence-electron chi connectivity index (χ4n) is 2.43. The van der Waals surface area contributed by atoms with E-state index in [2.05, 4.69) is 20.5 Å². The van der Waals surface area contributed by atoms with Gasteiger partial charge in [0.15, 0.2) is 22.2 Å². The normalized spacial score (nSPS) is 11.9. The monoisotopic (exact) mass is 419 g/mol. The maximum Gasteiger partial charge on any atom is 0.236 e. The first-order chi connectivity index (χ1) is 13.5. The first-order valence-corrected chi connectivity index (χ1v) is 10.4. The molecular weight excluding hydrogens is 398 g/mol. The molecule has 28 heavy (non-hydrogen) atoms. The highest BCUT2D eigenvalue weighted by Gasteiger charge is 2.18. The number of carbonyl (C=O) groups excluding carboxylic acids is 1. The average Bonchev–Trinajstić information content (AvgIpc) is 3.25. The van der Waals surface area contributed by atoms with Crippen molar-refractivity contribution in [3.8, 4) is 11.5 Å². The standard InChI is InChI=1S/C18H21N5O3S2/c1-11-9-27-17(19-11)20-15(24)10-28-18-22-21-16(23(18)3)12(2)26-14-7-5-6-13(8-14)25-4/h5-9,12H,10H2,1-4H3,(H,19,20,24). The number of benzene rings is 1. The van der Waals surface area contributed by atoms with Gasteiger partial charge in [-0.2, -0.15) is 0 Å². The van der Waals surface area contributed by atoms with E-state index in [-0.39, 0.29) is 17.8 Å². The molecule has 0 saturated heterocycles. The zero-order valence-corrected chi connectivity index (χ0v) is 17.6. The summed E-state index contributed by atoms with van der Waals surface area (Å²) in [6, 6.07) is 7.39. The van der Waals surface area contributed by atoms with Gasteiger partial charge in [-0.1, -0.05) is 17.8 Å². The summed E-state index contributed by atoms with van der Waals surface area (Å²) in [6.45, 7) is 3.78. The number of methoxy groups -OCH3 is 1. The molecule has 1 N–H and O–H groups in total. The minimum atomic E-state index is -0.314. The fourth-order valence-corrected chi connectivity index (χ4v) is 3.86. The predicted octanol–water partition coefficient (Wildman–Crippen LogP) is 3.46. The van der Waals surface area contributed by atoms with Crippen molar-refractivity contribution in [3.05, 3.63) is 41.2 Å². The highest BCUT2D eigenvalue weighted by atomic mass is 32.2. The molecule has 0 fully saturated rings. The lowest BCUT2D eigenvalue weighted by atomic mass is 10.3. The number of hydrogen-bond donors (Lipinski definition) is 1. The van der Waals surface area contributed by atoms with Crippen LogP contribution in [0.1, 0.15) is 24.5 Å². The Morgan fingerprint density at radius 3 is 2.86 bits per heavy atom. The van der Waals surface area contributed by atoms with Gasteiger partial charge in [0, 0.05) is 18.5 Å². The van der Waals surface area contributed by atoms with E-state index in [0.29, 0.717) is 21.9 Å². The van der Waals surface area contributed by atoms with Crippen LogP contribution < -0.4 is 14.8 Å². The molecule has 1 atom stereocenters. The first-order valence-electron chi connectivity index (χ1n) is 8.51. The van der Waals surface area contributed by atoms with E-state index in [4.69, 9.17) is 9.47 Å². The van der Waals surface area contributed by atoms with E-state index in [0.717, 1.165) is 11.4 Å². The van der Waals surface area contributed by atoms with Gasteiger partial charge in [-0.15, -0.1) is 21.5 Å². The average molecular weight is 420 g/mol. The van der Waals surface area contributed by atoms with Crippen molar-refractivity contribution in [2.24, 2.45) is 7.05 Å². The van der Waals surface area contributed by atoms with Gasteiger partial charge >= 0.3 is 0 Å². The van der Waals surface area contributed by atoms with Crippen molar-refractivity contribution in [2.75, 3.05) is 18.2 Å². The summed E-state index contributed by atoms with van der Waals surface area (Å²) in [6.07, 6.45) is -0.314. The minimum absolute atomic E-state index is 0.135. The highest BCUT2D eigenvalue weighted by Crippen LogP contribution is 2.26. The van der Waals surface area contributed by atoms with Gasteiger partial charge in [-0.05, 0) is 26.0 Å². The van der Waals surface area contributed by atoms with E-state index in [9.17, 15) is 4.79 Å². The fraction of sp³-hybridized carbons (Fsp3) is 0.333. The van der Waals surface area contributed by atoms with Crippen molar-refractivity contribution in [2.45, 2.75) is 25.1 Å². The number of amides is 1. The number of carbonyl (C=O) groups is 1. The zero-order chi connectivity index (χ0) is 20.1. The van der Waals surface area contributed by atoms with Gasteiger partial charge in [0.05, 0.1) is 18.6 Å². The smallest absolute Gasteiger partial charge is 0.236 e. The third-order valence-electron chi connectivity index (χ3n) is 3.78.